The van der Waals surface area contributed by atoms with Crippen molar-refractivity contribution in [2.75, 3.05) is 6.61 Å². The zero-order valence-electron chi connectivity index (χ0n) is 10.9. The largest absolute Gasteiger partial charge is 0.458 e. The number of carbonyl (C=O) groups excluding carboxylic acids is 3. The number of rotatable bonds is 6. The summed E-state index contributed by atoms with van der Waals surface area (Å²) < 4.78 is 9.73. The lowest BCUT2D eigenvalue weighted by Crippen LogP contribution is -2.44. The highest BCUT2D eigenvalue weighted by Gasteiger charge is 2.26. The number of hydrogen-bond acceptors (Lipinski definition) is 5. The Bertz CT molecular complexity index is 319. The van der Waals surface area contributed by atoms with E-state index in [1.165, 1.54) is 6.08 Å². The molecule has 0 aromatic carbocycles. The molecule has 0 aliphatic carbocycles. The average Bonchev–Trinajstić information content (AvgIpc) is 2.23. The lowest BCUT2D eigenvalue weighted by molar-refractivity contribution is -0.157. The van der Waals surface area contributed by atoms with E-state index in [4.69, 9.17) is 4.74 Å². The third-order valence-corrected chi connectivity index (χ3v) is 1.65. The number of ether oxygens (including phenoxy) is 2. The minimum atomic E-state index is -1.04. The molecule has 102 valence electrons. The van der Waals surface area contributed by atoms with Crippen molar-refractivity contribution in [2.45, 2.75) is 38.8 Å². The van der Waals surface area contributed by atoms with Crippen LogP contribution >= 0.6 is 0 Å². The second-order valence-electron chi connectivity index (χ2n) is 4.52. The van der Waals surface area contributed by atoms with Crippen LogP contribution in [0.3, 0.4) is 0 Å². The molecule has 0 fully saturated rings. The van der Waals surface area contributed by atoms with Crippen molar-refractivity contribution in [3.05, 3.63) is 12.7 Å². The van der Waals surface area contributed by atoms with E-state index in [2.05, 4.69) is 16.6 Å². The fourth-order valence-corrected chi connectivity index (χ4v) is 1.00. The van der Waals surface area contributed by atoms with Crippen LogP contribution in [-0.2, 0) is 19.1 Å². The fraction of sp³-hybridized carbons (Fsp3) is 0.583. The van der Waals surface area contributed by atoms with Gasteiger partial charge in [0.2, 0.25) is 0 Å². The number of esters is 1. The van der Waals surface area contributed by atoms with Crippen molar-refractivity contribution in [3.63, 3.8) is 0 Å². The summed E-state index contributed by atoms with van der Waals surface area (Å²) in [6, 6.07) is -1.04. The van der Waals surface area contributed by atoms with Crippen LogP contribution in [0.1, 0.15) is 27.2 Å². The first-order valence-electron chi connectivity index (χ1n) is 5.51. The first-order chi connectivity index (χ1) is 8.30. The second kappa shape index (κ2) is 7.47. The standard InChI is InChI=1S/C12H19NO5/c1-5-8-17-11(16)13-9(6-7-14)10(15)18-12(2,3)4/h5,7,9H,1,6,8H2,2-4H3,(H,13,16)/t9-/m0/s1. The molecule has 0 aromatic heterocycles. The molecule has 0 radical (unpaired) electrons. The van der Waals surface area contributed by atoms with E-state index in [1.54, 1.807) is 20.8 Å². The van der Waals surface area contributed by atoms with E-state index < -0.39 is 23.7 Å². The van der Waals surface area contributed by atoms with E-state index in [9.17, 15) is 14.4 Å². The van der Waals surface area contributed by atoms with Crippen LogP contribution in [0.15, 0.2) is 12.7 Å². The van der Waals surface area contributed by atoms with Gasteiger partial charge in [-0.2, -0.15) is 0 Å². The van der Waals surface area contributed by atoms with Crippen molar-refractivity contribution in [3.8, 4) is 0 Å². The van der Waals surface area contributed by atoms with Crippen LogP contribution in [0, 0.1) is 0 Å². The molecule has 0 aromatic rings. The van der Waals surface area contributed by atoms with Gasteiger partial charge in [-0.15, -0.1) is 0 Å². The summed E-state index contributed by atoms with van der Waals surface area (Å²) in [5.41, 5.74) is -0.690. The SMILES string of the molecule is C=CCOC(=O)N[C@@H](CC=O)C(=O)OC(C)(C)C. The van der Waals surface area contributed by atoms with Crippen LogP contribution < -0.4 is 5.32 Å². The molecular weight excluding hydrogens is 238 g/mol. The van der Waals surface area contributed by atoms with Gasteiger partial charge in [-0.05, 0) is 20.8 Å². The molecule has 0 rings (SSSR count). The molecule has 18 heavy (non-hydrogen) atoms. The van der Waals surface area contributed by atoms with Crippen LogP contribution in [-0.4, -0.2) is 36.6 Å². The Morgan fingerprint density at radius 1 is 1.39 bits per heavy atom. The monoisotopic (exact) mass is 257 g/mol. The predicted octanol–water partition coefficient (Wildman–Crippen LogP) is 1.20. The Balaban J connectivity index is 4.45. The molecule has 0 bridgehead atoms. The normalized spacial score (nSPS) is 12.2. The number of carbonyl (C=O) groups is 3. The molecule has 1 atom stereocenters. The maximum Gasteiger partial charge on any atom is 0.408 e. The summed E-state index contributed by atoms with van der Waals surface area (Å²) in [4.78, 5) is 33.4. The van der Waals surface area contributed by atoms with Gasteiger partial charge in [0.05, 0.1) is 0 Å². The fourth-order valence-electron chi connectivity index (χ4n) is 1.00. The number of amides is 1. The Morgan fingerprint density at radius 3 is 2.44 bits per heavy atom. The van der Waals surface area contributed by atoms with Crippen molar-refractivity contribution in [1.29, 1.82) is 0 Å². The molecule has 0 spiro atoms. The number of alkyl carbamates (subject to hydrolysis) is 1. The molecule has 6 nitrogen and oxygen atoms in total. The Kier molecular flexibility index (Phi) is 6.70. The molecule has 0 unspecified atom stereocenters. The lowest BCUT2D eigenvalue weighted by atomic mass is 10.1. The first-order valence-corrected chi connectivity index (χ1v) is 5.51. The van der Waals surface area contributed by atoms with Crippen LogP contribution in [0.25, 0.3) is 0 Å². The maximum absolute atomic E-state index is 11.7. The summed E-state index contributed by atoms with van der Waals surface area (Å²) >= 11 is 0. The zero-order chi connectivity index (χ0) is 14.2. The van der Waals surface area contributed by atoms with Crippen LogP contribution in [0.5, 0.6) is 0 Å². The lowest BCUT2D eigenvalue weighted by Gasteiger charge is -2.23. The van der Waals surface area contributed by atoms with E-state index >= 15 is 0 Å². The highest BCUT2D eigenvalue weighted by molar-refractivity contribution is 5.83. The van der Waals surface area contributed by atoms with Crippen molar-refractivity contribution in [2.24, 2.45) is 0 Å². The minimum absolute atomic E-state index is 0.0218. The highest BCUT2D eigenvalue weighted by atomic mass is 16.6. The highest BCUT2D eigenvalue weighted by Crippen LogP contribution is 2.09. The van der Waals surface area contributed by atoms with Gasteiger partial charge in [-0.3, -0.25) is 0 Å². The van der Waals surface area contributed by atoms with Gasteiger partial charge in [0.25, 0.3) is 0 Å². The maximum atomic E-state index is 11.7. The van der Waals surface area contributed by atoms with E-state index in [-0.39, 0.29) is 13.0 Å². The molecule has 0 heterocycles. The predicted molar refractivity (Wildman–Crippen MR) is 65.0 cm³/mol. The Hall–Kier alpha value is -1.85. The Labute approximate surface area is 106 Å². The molecular formula is C12H19NO5. The molecule has 0 saturated heterocycles. The quantitative estimate of drug-likeness (QED) is 0.439. The summed E-state index contributed by atoms with van der Waals surface area (Å²) in [6.07, 6.45) is 0.954. The van der Waals surface area contributed by atoms with E-state index in [0.717, 1.165) is 0 Å². The summed E-state index contributed by atoms with van der Waals surface area (Å²) in [6.45, 7) is 8.48. The van der Waals surface area contributed by atoms with Gasteiger partial charge in [0, 0.05) is 6.42 Å². The Morgan fingerprint density at radius 2 is 2.00 bits per heavy atom. The van der Waals surface area contributed by atoms with Gasteiger partial charge in [-0.1, -0.05) is 12.7 Å². The number of nitrogens with one attached hydrogen (secondary N) is 1. The van der Waals surface area contributed by atoms with Crippen molar-refractivity contribution >= 4 is 18.3 Å². The zero-order valence-corrected chi connectivity index (χ0v) is 10.9. The van der Waals surface area contributed by atoms with Gasteiger partial charge in [0.1, 0.15) is 24.5 Å². The topological polar surface area (TPSA) is 81.7 Å². The number of hydrogen-bond donors (Lipinski definition) is 1. The van der Waals surface area contributed by atoms with Crippen molar-refractivity contribution in [1.82, 2.24) is 5.32 Å². The molecule has 1 amide bonds. The first kappa shape index (κ1) is 16.1. The van der Waals surface area contributed by atoms with E-state index in [1.807, 2.05) is 0 Å². The second-order valence-corrected chi connectivity index (χ2v) is 4.52. The summed E-state index contributed by atoms with van der Waals surface area (Å²) in [7, 11) is 0. The molecule has 1 N–H and O–H groups in total. The molecule has 0 saturated carbocycles. The van der Waals surface area contributed by atoms with Crippen molar-refractivity contribution < 1.29 is 23.9 Å². The van der Waals surface area contributed by atoms with Gasteiger partial charge >= 0.3 is 12.1 Å². The van der Waals surface area contributed by atoms with Crippen LogP contribution in [0.4, 0.5) is 4.79 Å². The van der Waals surface area contributed by atoms with Gasteiger partial charge in [0.15, 0.2) is 0 Å². The molecule has 0 aliphatic heterocycles. The van der Waals surface area contributed by atoms with Gasteiger partial charge < -0.3 is 19.6 Å². The third-order valence-electron chi connectivity index (χ3n) is 1.65. The number of aldehydes is 1. The third kappa shape index (κ3) is 7.43. The molecule has 0 aliphatic rings. The molecule has 6 heteroatoms. The minimum Gasteiger partial charge on any atom is -0.458 e. The average molecular weight is 257 g/mol. The van der Waals surface area contributed by atoms with Gasteiger partial charge in [-0.25, -0.2) is 9.59 Å². The summed E-state index contributed by atoms with van der Waals surface area (Å²) in [5, 5.41) is 2.26. The smallest absolute Gasteiger partial charge is 0.408 e. The summed E-state index contributed by atoms with van der Waals surface area (Å²) in [5.74, 6) is -0.676. The van der Waals surface area contributed by atoms with Crippen LogP contribution in [0.2, 0.25) is 0 Å². The van der Waals surface area contributed by atoms with E-state index in [0.29, 0.717) is 6.29 Å².